The number of aliphatic hydroxyl groups is 2. The van der Waals surface area contributed by atoms with Gasteiger partial charge < -0.3 is 19.8 Å². The Labute approximate surface area is 115 Å². The SMILES string of the molecule is C[C@H](F)[C@H]1O[C@@H]2SC(N3CCCC3)=N[C@@H]2[C@@H](O)[C@@H]1O. The van der Waals surface area contributed by atoms with Crippen molar-refractivity contribution >= 4 is 16.9 Å². The second kappa shape index (κ2) is 5.20. The van der Waals surface area contributed by atoms with Gasteiger partial charge in [0.05, 0.1) is 0 Å². The number of fused-ring (bicyclic) bond motifs is 1. The normalized spacial score (nSPS) is 44.1. The minimum Gasteiger partial charge on any atom is -0.388 e. The summed E-state index contributed by atoms with van der Waals surface area (Å²) in [5.41, 5.74) is -0.391. The number of nitrogens with zero attached hydrogens (tertiary/aromatic N) is 2. The summed E-state index contributed by atoms with van der Waals surface area (Å²) in [6, 6.07) is -0.495. The van der Waals surface area contributed by atoms with Crippen molar-refractivity contribution in [2.75, 3.05) is 13.1 Å². The van der Waals surface area contributed by atoms with Gasteiger partial charge in [-0.25, -0.2) is 4.39 Å². The van der Waals surface area contributed by atoms with Crippen molar-refractivity contribution in [1.82, 2.24) is 4.90 Å². The number of halogens is 1. The van der Waals surface area contributed by atoms with Gasteiger partial charge in [-0.3, -0.25) is 4.99 Å². The second-order valence-electron chi connectivity index (χ2n) is 5.34. The van der Waals surface area contributed by atoms with Crippen molar-refractivity contribution in [3.63, 3.8) is 0 Å². The van der Waals surface area contributed by atoms with Crippen LogP contribution in [0.2, 0.25) is 0 Å². The molecule has 0 aromatic rings. The molecule has 0 saturated carbocycles. The first-order chi connectivity index (χ1) is 9.08. The van der Waals surface area contributed by atoms with Gasteiger partial charge in [0, 0.05) is 13.1 Å². The molecule has 3 aliphatic rings. The molecular weight excluding hydrogens is 271 g/mol. The van der Waals surface area contributed by atoms with Crippen LogP contribution >= 0.6 is 11.8 Å². The van der Waals surface area contributed by atoms with Crippen LogP contribution in [0.3, 0.4) is 0 Å². The molecule has 0 aliphatic carbocycles. The Morgan fingerprint density at radius 2 is 2.05 bits per heavy atom. The van der Waals surface area contributed by atoms with Crippen LogP contribution in [-0.4, -0.2) is 69.3 Å². The first-order valence-corrected chi connectivity index (χ1v) is 7.61. The van der Waals surface area contributed by atoms with Crippen LogP contribution < -0.4 is 0 Å². The number of ether oxygens (including phenoxy) is 1. The quantitative estimate of drug-likeness (QED) is 0.730. The van der Waals surface area contributed by atoms with Gasteiger partial charge in [0.15, 0.2) is 5.17 Å². The molecular formula is C12H19FN2O3S. The molecule has 2 fully saturated rings. The molecule has 3 aliphatic heterocycles. The molecule has 3 rings (SSSR count). The number of likely N-dealkylation sites (tertiary alicyclic amines) is 1. The third kappa shape index (κ3) is 2.37. The van der Waals surface area contributed by atoms with Crippen LogP contribution in [0.15, 0.2) is 4.99 Å². The Kier molecular flexibility index (Phi) is 3.72. The molecule has 5 nitrogen and oxygen atoms in total. The van der Waals surface area contributed by atoms with E-state index in [1.165, 1.54) is 18.7 Å². The summed E-state index contributed by atoms with van der Waals surface area (Å²) in [5.74, 6) is 0. The monoisotopic (exact) mass is 290 g/mol. The molecule has 7 heteroatoms. The lowest BCUT2D eigenvalue weighted by molar-refractivity contribution is -0.170. The molecule has 0 radical (unpaired) electrons. The molecule has 0 bridgehead atoms. The van der Waals surface area contributed by atoms with E-state index in [9.17, 15) is 14.6 Å². The highest BCUT2D eigenvalue weighted by Gasteiger charge is 2.50. The van der Waals surface area contributed by atoms with Gasteiger partial charge in [0.25, 0.3) is 0 Å². The van der Waals surface area contributed by atoms with Crippen molar-refractivity contribution in [3.05, 3.63) is 0 Å². The predicted molar refractivity (Wildman–Crippen MR) is 70.9 cm³/mol. The highest BCUT2D eigenvalue weighted by molar-refractivity contribution is 8.14. The Hall–Kier alpha value is -0.370. The van der Waals surface area contributed by atoms with Crippen molar-refractivity contribution in [2.24, 2.45) is 4.99 Å². The van der Waals surface area contributed by atoms with E-state index in [2.05, 4.69) is 9.89 Å². The van der Waals surface area contributed by atoms with Crippen LogP contribution in [0, 0.1) is 0 Å². The average molecular weight is 290 g/mol. The van der Waals surface area contributed by atoms with Crippen LogP contribution in [0.25, 0.3) is 0 Å². The lowest BCUT2D eigenvalue weighted by Crippen LogP contribution is -2.57. The number of aliphatic hydroxyl groups excluding tert-OH is 2. The Bertz CT molecular complexity index is 376. The molecule has 3 heterocycles. The smallest absolute Gasteiger partial charge is 0.162 e. The van der Waals surface area contributed by atoms with E-state index in [4.69, 9.17) is 4.74 Å². The maximum absolute atomic E-state index is 13.4. The highest BCUT2D eigenvalue weighted by atomic mass is 32.2. The zero-order valence-corrected chi connectivity index (χ0v) is 11.6. The number of hydrogen-bond donors (Lipinski definition) is 2. The summed E-state index contributed by atoms with van der Waals surface area (Å²) >= 11 is 1.43. The summed E-state index contributed by atoms with van der Waals surface area (Å²) < 4.78 is 19.0. The maximum atomic E-state index is 13.4. The van der Waals surface area contributed by atoms with E-state index in [1.807, 2.05) is 0 Å². The van der Waals surface area contributed by atoms with Gasteiger partial charge in [-0.2, -0.15) is 0 Å². The zero-order chi connectivity index (χ0) is 13.6. The summed E-state index contributed by atoms with van der Waals surface area (Å²) in [6.45, 7) is 3.27. The van der Waals surface area contributed by atoms with Gasteiger partial charge >= 0.3 is 0 Å². The van der Waals surface area contributed by atoms with Crippen LogP contribution in [0.4, 0.5) is 4.39 Å². The Balaban J connectivity index is 1.75. The first kappa shape index (κ1) is 13.6. The highest BCUT2D eigenvalue weighted by Crippen LogP contribution is 2.39. The van der Waals surface area contributed by atoms with Gasteiger partial charge in [-0.15, -0.1) is 0 Å². The van der Waals surface area contributed by atoms with Gasteiger partial charge in [0.2, 0.25) is 0 Å². The molecule has 0 aromatic heterocycles. The van der Waals surface area contributed by atoms with Crippen molar-refractivity contribution in [3.8, 4) is 0 Å². The third-order valence-electron chi connectivity index (χ3n) is 3.92. The van der Waals surface area contributed by atoms with Crippen molar-refractivity contribution in [1.29, 1.82) is 0 Å². The maximum Gasteiger partial charge on any atom is 0.162 e. The van der Waals surface area contributed by atoms with Gasteiger partial charge in [-0.05, 0) is 19.8 Å². The molecule has 0 amide bonds. The Morgan fingerprint density at radius 1 is 1.37 bits per heavy atom. The number of aliphatic imine (C=N–C) groups is 1. The fraction of sp³-hybridized carbons (Fsp3) is 0.917. The zero-order valence-electron chi connectivity index (χ0n) is 10.8. The van der Waals surface area contributed by atoms with Gasteiger partial charge in [-0.1, -0.05) is 11.8 Å². The average Bonchev–Trinajstić information content (AvgIpc) is 3.01. The van der Waals surface area contributed by atoms with Crippen LogP contribution in [0.1, 0.15) is 19.8 Å². The fourth-order valence-electron chi connectivity index (χ4n) is 2.81. The molecule has 2 saturated heterocycles. The predicted octanol–water partition coefficient (Wildman–Crippen LogP) is 0.358. The lowest BCUT2D eigenvalue weighted by atomic mass is 9.96. The van der Waals surface area contributed by atoms with Gasteiger partial charge in [0.1, 0.15) is 36.0 Å². The largest absolute Gasteiger partial charge is 0.388 e. The second-order valence-corrected chi connectivity index (χ2v) is 6.41. The number of alkyl halides is 1. The minimum atomic E-state index is -1.32. The number of amidine groups is 1. The van der Waals surface area contributed by atoms with E-state index in [1.54, 1.807) is 0 Å². The van der Waals surface area contributed by atoms with E-state index >= 15 is 0 Å². The third-order valence-corrected chi connectivity index (χ3v) is 5.11. The summed E-state index contributed by atoms with van der Waals surface area (Å²) in [5, 5.41) is 20.8. The van der Waals surface area contributed by atoms with Crippen LogP contribution in [0.5, 0.6) is 0 Å². The standard InChI is InChI=1S/C12H19FN2O3S/c1-6(13)10-9(17)8(16)7-11(18-10)19-12(14-7)15-4-2-3-5-15/h6-11,16-17H,2-5H2,1H3/t6-,7+,8+,9-,10+,11+/m0/s1. The number of thioether (sulfide) groups is 1. The topological polar surface area (TPSA) is 65.3 Å². The lowest BCUT2D eigenvalue weighted by Gasteiger charge is -2.38. The molecule has 0 unspecified atom stereocenters. The molecule has 2 N–H and O–H groups in total. The Morgan fingerprint density at radius 3 is 2.68 bits per heavy atom. The van der Waals surface area contributed by atoms with Crippen molar-refractivity contribution in [2.45, 2.75) is 55.7 Å². The number of hydrogen-bond acceptors (Lipinski definition) is 6. The van der Waals surface area contributed by atoms with E-state index in [-0.39, 0.29) is 0 Å². The summed E-state index contributed by atoms with van der Waals surface area (Å²) in [6.07, 6.45) is -2.28. The first-order valence-electron chi connectivity index (χ1n) is 6.73. The van der Waals surface area contributed by atoms with E-state index in [0.29, 0.717) is 0 Å². The van der Waals surface area contributed by atoms with Crippen molar-refractivity contribution < 1.29 is 19.3 Å². The molecule has 19 heavy (non-hydrogen) atoms. The number of rotatable bonds is 1. The minimum absolute atomic E-state index is 0.391. The molecule has 6 atom stereocenters. The van der Waals surface area contributed by atoms with Crippen LogP contribution in [-0.2, 0) is 4.74 Å². The molecule has 108 valence electrons. The summed E-state index contributed by atoms with van der Waals surface area (Å²) in [7, 11) is 0. The van der Waals surface area contributed by atoms with E-state index in [0.717, 1.165) is 31.1 Å². The molecule has 0 aromatic carbocycles. The molecule has 0 spiro atoms. The fourth-order valence-corrected chi connectivity index (χ4v) is 4.08. The summed E-state index contributed by atoms with van der Waals surface area (Å²) in [4.78, 5) is 6.63. The van der Waals surface area contributed by atoms with E-state index < -0.39 is 36.0 Å².